The Morgan fingerprint density at radius 3 is 2.64 bits per heavy atom. The lowest BCUT2D eigenvalue weighted by Crippen LogP contribution is -2.14. The standard InChI is InChI=1S/C19H19FN4O/c1-23(2)13-14-4-3-5-16(12-14)21-19(25)18-10-11-24(22-18)17-8-6-15(20)7-9-17/h3-12H,13H2,1-2H3,(H,21,25). The largest absolute Gasteiger partial charge is 0.321 e. The first-order valence-corrected chi connectivity index (χ1v) is 7.88. The topological polar surface area (TPSA) is 50.2 Å². The average molecular weight is 338 g/mol. The molecule has 5 nitrogen and oxygen atoms in total. The van der Waals surface area contributed by atoms with Crippen LogP contribution in [0.1, 0.15) is 16.1 Å². The normalized spacial score (nSPS) is 10.9. The molecule has 1 heterocycles. The molecule has 3 rings (SSSR count). The molecule has 0 aliphatic carbocycles. The molecule has 0 bridgehead atoms. The van der Waals surface area contributed by atoms with Crippen molar-refractivity contribution in [1.82, 2.24) is 14.7 Å². The summed E-state index contributed by atoms with van der Waals surface area (Å²) in [5.41, 5.74) is 2.82. The molecule has 1 N–H and O–H groups in total. The van der Waals surface area contributed by atoms with Crippen LogP contribution in [0.25, 0.3) is 5.69 Å². The van der Waals surface area contributed by atoms with Crippen LogP contribution in [-0.4, -0.2) is 34.7 Å². The molecule has 0 unspecified atom stereocenters. The van der Waals surface area contributed by atoms with E-state index < -0.39 is 0 Å². The van der Waals surface area contributed by atoms with Crippen LogP contribution in [0.15, 0.2) is 60.8 Å². The van der Waals surface area contributed by atoms with Crippen molar-refractivity contribution in [3.05, 3.63) is 77.9 Å². The number of benzene rings is 2. The number of nitrogens with zero attached hydrogens (tertiary/aromatic N) is 3. The lowest BCUT2D eigenvalue weighted by molar-refractivity contribution is 0.102. The molecule has 0 aliphatic rings. The first kappa shape index (κ1) is 16.9. The second-order valence-corrected chi connectivity index (χ2v) is 6.01. The Morgan fingerprint density at radius 2 is 1.92 bits per heavy atom. The summed E-state index contributed by atoms with van der Waals surface area (Å²) in [7, 11) is 3.99. The predicted molar refractivity (Wildman–Crippen MR) is 95.3 cm³/mol. The summed E-state index contributed by atoms with van der Waals surface area (Å²) in [6.07, 6.45) is 1.67. The van der Waals surface area contributed by atoms with E-state index in [9.17, 15) is 9.18 Å². The van der Waals surface area contributed by atoms with E-state index in [1.54, 1.807) is 24.4 Å². The van der Waals surface area contributed by atoms with E-state index in [2.05, 4.69) is 15.3 Å². The van der Waals surface area contributed by atoms with E-state index in [1.807, 2.05) is 38.4 Å². The van der Waals surface area contributed by atoms with Crippen molar-refractivity contribution in [2.75, 3.05) is 19.4 Å². The van der Waals surface area contributed by atoms with Gasteiger partial charge in [-0.2, -0.15) is 5.10 Å². The average Bonchev–Trinajstić information content (AvgIpc) is 3.05. The lowest BCUT2D eigenvalue weighted by Gasteiger charge is -2.11. The molecular formula is C19H19FN4O. The zero-order chi connectivity index (χ0) is 17.8. The summed E-state index contributed by atoms with van der Waals surface area (Å²) in [5, 5.41) is 7.10. The molecule has 0 atom stereocenters. The minimum Gasteiger partial charge on any atom is -0.321 e. The van der Waals surface area contributed by atoms with Gasteiger partial charge in [0.15, 0.2) is 5.69 Å². The number of anilines is 1. The van der Waals surface area contributed by atoms with Crippen LogP contribution in [0.4, 0.5) is 10.1 Å². The molecule has 1 aromatic heterocycles. The van der Waals surface area contributed by atoms with Gasteiger partial charge in [0, 0.05) is 18.4 Å². The van der Waals surface area contributed by atoms with Gasteiger partial charge in [-0.3, -0.25) is 4.79 Å². The van der Waals surface area contributed by atoms with Gasteiger partial charge in [-0.15, -0.1) is 0 Å². The van der Waals surface area contributed by atoms with E-state index in [0.29, 0.717) is 11.4 Å². The van der Waals surface area contributed by atoms with Gasteiger partial charge in [0.05, 0.1) is 5.69 Å². The highest BCUT2D eigenvalue weighted by molar-refractivity contribution is 6.02. The Balaban J connectivity index is 1.73. The molecule has 0 spiro atoms. The van der Waals surface area contributed by atoms with Crippen molar-refractivity contribution in [1.29, 1.82) is 0 Å². The molecular weight excluding hydrogens is 319 g/mol. The number of carbonyl (C=O) groups is 1. The van der Waals surface area contributed by atoms with Crippen LogP contribution >= 0.6 is 0 Å². The number of amides is 1. The van der Waals surface area contributed by atoms with Crippen molar-refractivity contribution in [3.8, 4) is 5.69 Å². The van der Waals surface area contributed by atoms with Crippen molar-refractivity contribution >= 4 is 11.6 Å². The third kappa shape index (κ3) is 4.30. The lowest BCUT2D eigenvalue weighted by atomic mass is 10.2. The van der Waals surface area contributed by atoms with Gasteiger partial charge < -0.3 is 10.2 Å². The second kappa shape index (κ2) is 7.27. The molecule has 128 valence electrons. The Kier molecular flexibility index (Phi) is 4.90. The molecule has 0 fully saturated rings. The third-order valence-electron chi connectivity index (χ3n) is 3.60. The van der Waals surface area contributed by atoms with Crippen molar-refractivity contribution in [3.63, 3.8) is 0 Å². The minimum absolute atomic E-state index is 0.289. The summed E-state index contributed by atoms with van der Waals surface area (Å²) in [5.74, 6) is -0.602. The Hall–Kier alpha value is -2.99. The van der Waals surface area contributed by atoms with Crippen molar-refractivity contribution in [2.24, 2.45) is 0 Å². The number of hydrogen-bond donors (Lipinski definition) is 1. The summed E-state index contributed by atoms with van der Waals surface area (Å²) in [4.78, 5) is 14.4. The fourth-order valence-electron chi connectivity index (χ4n) is 2.49. The van der Waals surface area contributed by atoms with E-state index in [-0.39, 0.29) is 11.7 Å². The number of aromatic nitrogens is 2. The summed E-state index contributed by atoms with van der Waals surface area (Å²) in [6, 6.07) is 15.2. The summed E-state index contributed by atoms with van der Waals surface area (Å²) >= 11 is 0. The number of hydrogen-bond acceptors (Lipinski definition) is 3. The molecule has 0 aliphatic heterocycles. The van der Waals surface area contributed by atoms with Gasteiger partial charge in [0.2, 0.25) is 0 Å². The summed E-state index contributed by atoms with van der Waals surface area (Å²) in [6.45, 7) is 0.795. The van der Waals surface area contributed by atoms with Gasteiger partial charge in [-0.1, -0.05) is 12.1 Å². The highest BCUT2D eigenvalue weighted by atomic mass is 19.1. The first-order chi connectivity index (χ1) is 12.0. The fraction of sp³-hybridized carbons (Fsp3) is 0.158. The van der Waals surface area contributed by atoms with Gasteiger partial charge in [-0.05, 0) is 62.1 Å². The minimum atomic E-state index is -0.313. The Bertz CT molecular complexity index is 871. The molecule has 2 aromatic carbocycles. The second-order valence-electron chi connectivity index (χ2n) is 6.01. The first-order valence-electron chi connectivity index (χ1n) is 7.88. The highest BCUT2D eigenvalue weighted by Gasteiger charge is 2.11. The highest BCUT2D eigenvalue weighted by Crippen LogP contribution is 2.14. The van der Waals surface area contributed by atoms with Gasteiger partial charge in [-0.25, -0.2) is 9.07 Å². The third-order valence-corrected chi connectivity index (χ3v) is 3.60. The Morgan fingerprint density at radius 1 is 1.16 bits per heavy atom. The maximum absolute atomic E-state index is 13.0. The van der Waals surface area contributed by atoms with Crippen LogP contribution < -0.4 is 5.32 Å². The molecule has 6 heteroatoms. The monoisotopic (exact) mass is 338 g/mol. The Labute approximate surface area is 145 Å². The zero-order valence-electron chi connectivity index (χ0n) is 14.1. The van der Waals surface area contributed by atoms with Crippen LogP contribution in [-0.2, 0) is 6.54 Å². The van der Waals surface area contributed by atoms with Crippen molar-refractivity contribution < 1.29 is 9.18 Å². The number of carbonyl (C=O) groups excluding carboxylic acids is 1. The zero-order valence-corrected chi connectivity index (χ0v) is 14.1. The molecule has 0 saturated carbocycles. The number of rotatable bonds is 5. The maximum Gasteiger partial charge on any atom is 0.276 e. The fourth-order valence-corrected chi connectivity index (χ4v) is 2.49. The van der Waals surface area contributed by atoms with Crippen LogP contribution in [0.2, 0.25) is 0 Å². The van der Waals surface area contributed by atoms with Gasteiger partial charge in [0.25, 0.3) is 5.91 Å². The van der Waals surface area contributed by atoms with Crippen LogP contribution in [0.5, 0.6) is 0 Å². The van der Waals surface area contributed by atoms with Crippen LogP contribution in [0, 0.1) is 5.82 Å². The smallest absolute Gasteiger partial charge is 0.276 e. The van der Waals surface area contributed by atoms with Gasteiger partial charge in [0.1, 0.15) is 5.82 Å². The maximum atomic E-state index is 13.0. The van der Waals surface area contributed by atoms with Crippen LogP contribution in [0.3, 0.4) is 0 Å². The number of halogens is 1. The van der Waals surface area contributed by atoms with Crippen molar-refractivity contribution in [2.45, 2.75) is 6.54 Å². The quantitative estimate of drug-likeness (QED) is 0.776. The molecule has 0 saturated heterocycles. The van der Waals surface area contributed by atoms with E-state index in [4.69, 9.17) is 0 Å². The van der Waals surface area contributed by atoms with E-state index >= 15 is 0 Å². The molecule has 1 amide bonds. The molecule has 3 aromatic rings. The SMILES string of the molecule is CN(C)Cc1cccc(NC(=O)c2ccn(-c3ccc(F)cc3)n2)c1. The molecule has 25 heavy (non-hydrogen) atoms. The summed E-state index contributed by atoms with van der Waals surface area (Å²) < 4.78 is 14.5. The predicted octanol–water partition coefficient (Wildman–Crippen LogP) is 3.33. The van der Waals surface area contributed by atoms with Gasteiger partial charge >= 0.3 is 0 Å². The van der Waals surface area contributed by atoms with E-state index in [0.717, 1.165) is 17.8 Å². The van der Waals surface area contributed by atoms with E-state index in [1.165, 1.54) is 16.8 Å². The molecule has 0 radical (unpaired) electrons. The number of nitrogens with one attached hydrogen (secondary N) is 1.